The highest BCUT2D eigenvalue weighted by molar-refractivity contribution is 6.33. The minimum Gasteiger partial charge on any atom is -1.00 e. The number of aliphatic hydroxyl groups excluding tert-OH is 2. The Morgan fingerprint density at radius 1 is 0.538 bits per heavy atom. The average molecular weight is 612 g/mol. The zero-order valence-electron chi connectivity index (χ0n) is 24.2. The zero-order valence-corrected chi connectivity index (χ0v) is 25.0. The molecule has 0 aromatic rings. The highest BCUT2D eigenvalue weighted by Gasteiger charge is 2.26. The molecule has 2 N–H and O–H groups in total. The Bertz CT molecular complexity index is 472. The number of aliphatic hydroxyl groups is 2. The van der Waals surface area contributed by atoms with E-state index in [0.717, 1.165) is 22.1 Å². The molecule has 240 valence electrons. The average Bonchev–Trinajstić information content (AvgIpc) is 3.50. The van der Waals surface area contributed by atoms with Gasteiger partial charge >= 0.3 is 15.1 Å². The molecule has 3 fully saturated rings. The summed E-state index contributed by atoms with van der Waals surface area (Å²) in [6.07, 6.45) is 11.1. The third-order valence-corrected chi connectivity index (χ3v) is 7.27. The van der Waals surface area contributed by atoms with Gasteiger partial charge in [-0.05, 0) is 6.42 Å². The van der Waals surface area contributed by atoms with Crippen LogP contribution in [0.1, 0.15) is 58.3 Å². The molecule has 39 heavy (non-hydrogen) atoms. The van der Waals surface area contributed by atoms with Gasteiger partial charge in [-0.25, -0.2) is 0 Å². The van der Waals surface area contributed by atoms with Crippen LogP contribution in [-0.2, 0) is 0 Å². The van der Waals surface area contributed by atoms with Crippen molar-refractivity contribution in [3.8, 4) is 0 Å². The van der Waals surface area contributed by atoms with Gasteiger partial charge in [0.1, 0.15) is 13.1 Å². The molecular weight excluding hydrogens is 559 g/mol. The van der Waals surface area contributed by atoms with E-state index in [9.17, 15) is 25.9 Å². The van der Waals surface area contributed by atoms with Crippen LogP contribution < -0.4 is 21.8 Å². The van der Waals surface area contributed by atoms with Gasteiger partial charge in [-0.15, -0.1) is 0 Å². The highest BCUT2D eigenvalue weighted by atomic mass is 35.5. The van der Waals surface area contributed by atoms with Crippen LogP contribution in [0, 0.1) is 0 Å². The Morgan fingerprint density at radius 3 is 0.923 bits per heavy atom. The molecule has 0 saturated carbocycles. The quantitative estimate of drug-likeness (QED) is 0.173. The highest BCUT2D eigenvalue weighted by Crippen LogP contribution is 2.17. The lowest BCUT2D eigenvalue weighted by molar-refractivity contribution is -0.897. The summed E-state index contributed by atoms with van der Waals surface area (Å²) in [4.78, 5) is 0. The van der Waals surface area contributed by atoms with Crippen molar-refractivity contribution in [2.24, 2.45) is 0 Å². The van der Waals surface area contributed by atoms with Crippen LogP contribution in [0.4, 0.5) is 25.9 Å². The minimum atomic E-state index is -3.67. The lowest BCUT2D eigenvalue weighted by Crippen LogP contribution is -3.00. The summed E-state index contributed by atoms with van der Waals surface area (Å²) in [6, 6.07) is 0. The first-order valence-electron chi connectivity index (χ1n) is 13.3. The monoisotopic (exact) mass is 611 g/mol. The van der Waals surface area contributed by atoms with Crippen molar-refractivity contribution in [3.05, 3.63) is 0 Å². The minimum absolute atomic E-state index is 0. The number of halogens is 9. The van der Waals surface area contributed by atoms with Gasteiger partial charge in [0.2, 0.25) is 0 Å². The van der Waals surface area contributed by atoms with Gasteiger partial charge in [0.15, 0.2) is 0 Å². The SMILES string of the molecule is CCCC[N+]1(C)CCCC1.C[N+]1(CCO)CCCC1.C[N+]1(CCO)CCCC1.FB(F)F.FB(F)F.[Cl-].[F-].[F-]. The number of rotatable bonds is 7. The van der Waals surface area contributed by atoms with Crippen molar-refractivity contribution in [1.82, 2.24) is 0 Å². The fourth-order valence-corrected chi connectivity index (χ4v) is 4.99. The summed E-state index contributed by atoms with van der Waals surface area (Å²) < 4.78 is 61.5. The fraction of sp³-hybridized carbons (Fsp3) is 1.00. The van der Waals surface area contributed by atoms with Crippen LogP contribution in [0.25, 0.3) is 0 Å². The van der Waals surface area contributed by atoms with Crippen molar-refractivity contribution in [2.75, 3.05) is 93.3 Å². The molecule has 0 amide bonds. The van der Waals surface area contributed by atoms with E-state index in [0.29, 0.717) is 13.2 Å². The molecule has 0 aliphatic carbocycles. The lowest BCUT2D eigenvalue weighted by atomic mass is 10.3. The first-order valence-corrected chi connectivity index (χ1v) is 13.3. The molecule has 3 rings (SSSR count). The molecule has 16 heteroatoms. The van der Waals surface area contributed by atoms with E-state index in [1.165, 1.54) is 102 Å². The number of likely N-dealkylation sites (tertiary alicyclic amines) is 3. The predicted octanol–water partition coefficient (Wildman–Crippen LogP) is -4.76. The fourth-order valence-electron chi connectivity index (χ4n) is 4.99. The third kappa shape index (κ3) is 30.4. The molecule has 3 aliphatic rings. The molecule has 3 saturated heterocycles. The van der Waals surface area contributed by atoms with Crippen molar-refractivity contribution in [2.45, 2.75) is 58.3 Å². The molecule has 0 radical (unpaired) electrons. The standard InChI is InChI=1S/C9H20N.2C7H16NO.2BF3.ClH.2FH/c1-3-4-7-10(2)8-5-6-9-10;2*1-8(6-7-9)4-2-3-5-8;2*2-1(3)4;;;/h3-9H2,1-2H3;2*9H,2-7H2,1H3;;;3*1H/q3*+1;;;;;/p-3. The largest absolute Gasteiger partial charge is 1.00 e. The molecule has 3 aliphatic heterocycles. The number of nitrogens with zero attached hydrogens (tertiary/aromatic N) is 3. The summed E-state index contributed by atoms with van der Waals surface area (Å²) >= 11 is 0. The number of likely N-dealkylation sites (N-methyl/N-ethyl adjacent to an activating group) is 2. The van der Waals surface area contributed by atoms with Crippen LogP contribution in [0.2, 0.25) is 0 Å². The van der Waals surface area contributed by atoms with E-state index in [-0.39, 0.29) is 21.8 Å². The second-order valence-corrected chi connectivity index (χ2v) is 10.8. The van der Waals surface area contributed by atoms with Gasteiger partial charge in [-0.3, -0.25) is 25.9 Å². The molecule has 0 spiro atoms. The van der Waals surface area contributed by atoms with Crippen LogP contribution in [0.3, 0.4) is 0 Å². The molecule has 0 aromatic carbocycles. The molecule has 5 nitrogen and oxygen atoms in total. The first-order chi connectivity index (χ1) is 16.8. The topological polar surface area (TPSA) is 40.5 Å². The number of hydrogen-bond donors (Lipinski definition) is 2. The van der Waals surface area contributed by atoms with Crippen molar-refractivity contribution < 1.29 is 71.4 Å². The maximum Gasteiger partial charge on any atom is 0.762 e. The van der Waals surface area contributed by atoms with E-state index in [1.807, 2.05) is 0 Å². The predicted molar refractivity (Wildman–Crippen MR) is 137 cm³/mol. The van der Waals surface area contributed by atoms with E-state index in [1.54, 1.807) is 0 Å². The van der Waals surface area contributed by atoms with Gasteiger partial charge in [-0.1, -0.05) is 13.3 Å². The smallest absolute Gasteiger partial charge is 0.762 e. The van der Waals surface area contributed by atoms with Gasteiger partial charge < -0.3 is 45.5 Å². The van der Waals surface area contributed by atoms with Crippen LogP contribution in [0.15, 0.2) is 0 Å². The number of hydrogen-bond acceptors (Lipinski definition) is 2. The van der Waals surface area contributed by atoms with E-state index >= 15 is 0 Å². The first kappa shape index (κ1) is 48.4. The molecule has 0 unspecified atom stereocenters. The number of unbranched alkanes of at least 4 members (excludes halogenated alkanes) is 1. The summed E-state index contributed by atoms with van der Waals surface area (Å²) in [5.74, 6) is 0. The van der Waals surface area contributed by atoms with Crippen molar-refractivity contribution in [1.29, 1.82) is 0 Å². The lowest BCUT2D eigenvalue weighted by Gasteiger charge is -2.28. The Hall–Kier alpha value is -0.340. The summed E-state index contributed by atoms with van der Waals surface area (Å²) in [7, 11) is -0.477. The maximum absolute atomic E-state index is 9.67. The molecule has 3 heterocycles. The van der Waals surface area contributed by atoms with E-state index in [4.69, 9.17) is 10.2 Å². The second-order valence-electron chi connectivity index (χ2n) is 10.8. The Morgan fingerprint density at radius 2 is 0.744 bits per heavy atom. The second kappa shape index (κ2) is 27.8. The van der Waals surface area contributed by atoms with Gasteiger partial charge in [0.25, 0.3) is 0 Å². The molecule has 0 atom stereocenters. The Labute approximate surface area is 238 Å². The van der Waals surface area contributed by atoms with Crippen molar-refractivity contribution >= 4 is 15.1 Å². The Kier molecular flexibility index (Phi) is 34.5. The summed E-state index contributed by atoms with van der Waals surface area (Å²) in [6.45, 7) is 14.2. The van der Waals surface area contributed by atoms with Gasteiger partial charge in [0, 0.05) is 38.5 Å². The molecule has 0 aromatic heterocycles. The van der Waals surface area contributed by atoms with Crippen LogP contribution >= 0.6 is 0 Å². The van der Waals surface area contributed by atoms with Gasteiger partial charge in [0.05, 0.1) is 80.2 Å². The van der Waals surface area contributed by atoms with Gasteiger partial charge in [-0.2, -0.15) is 0 Å². The zero-order chi connectivity index (χ0) is 28.1. The molecular formula is C23H52B2ClF8N3O2. The summed E-state index contributed by atoms with van der Waals surface area (Å²) in [5.41, 5.74) is 0. The number of quaternary nitrogens is 3. The molecule has 0 bridgehead atoms. The van der Waals surface area contributed by atoms with E-state index < -0.39 is 15.1 Å². The third-order valence-electron chi connectivity index (χ3n) is 7.27. The normalized spacial score (nSPS) is 18.8. The van der Waals surface area contributed by atoms with Crippen LogP contribution in [0.5, 0.6) is 0 Å². The maximum atomic E-state index is 9.67. The van der Waals surface area contributed by atoms with Crippen molar-refractivity contribution in [3.63, 3.8) is 0 Å². The summed E-state index contributed by atoms with van der Waals surface area (Å²) in [5, 5.41) is 17.4. The van der Waals surface area contributed by atoms with E-state index in [2.05, 4.69) is 28.1 Å². The Balaban J connectivity index is -0.000000127. The van der Waals surface area contributed by atoms with Crippen LogP contribution in [-0.4, -0.2) is 132 Å².